The number of allylic oxidation sites excluding steroid dienone is 6. The normalized spacial score (nSPS) is 38.2. The van der Waals surface area contributed by atoms with Gasteiger partial charge in [-0.25, -0.2) is 4.79 Å². The average Bonchev–Trinajstić information content (AvgIpc) is 3.26. The van der Waals surface area contributed by atoms with Crippen molar-refractivity contribution in [3.8, 4) is 0 Å². The van der Waals surface area contributed by atoms with Crippen molar-refractivity contribution in [2.45, 2.75) is 179 Å². The Morgan fingerprint density at radius 3 is 2.35 bits per heavy atom. The van der Waals surface area contributed by atoms with Gasteiger partial charge in [0.2, 0.25) is 5.79 Å². The van der Waals surface area contributed by atoms with Crippen LogP contribution >= 0.6 is 0 Å². The number of amides is 1. The van der Waals surface area contributed by atoms with Crippen LogP contribution in [0.5, 0.6) is 0 Å². The van der Waals surface area contributed by atoms with Crippen molar-refractivity contribution < 1.29 is 63.0 Å². The molecule has 3 N–H and O–H groups in total. The second-order valence-electron chi connectivity index (χ2n) is 18.0. The highest BCUT2D eigenvalue weighted by molar-refractivity contribution is 6.39. The van der Waals surface area contributed by atoms with Gasteiger partial charge in [-0.15, -0.1) is 0 Å². The monoisotopic (exact) mass is 872 g/mol. The highest BCUT2D eigenvalue weighted by atomic mass is 16.6. The number of aliphatic hydroxyl groups excluding tert-OH is 2. The second-order valence-corrected chi connectivity index (χ2v) is 18.0. The fraction of sp³-hybridized carbons (Fsp3) is 0.729. The molecule has 14 nitrogen and oxygen atoms in total. The van der Waals surface area contributed by atoms with Crippen molar-refractivity contribution >= 4 is 29.2 Å². The largest absolute Gasteiger partial charge is 0.460 e. The Bertz CT molecular complexity index is 1650. The van der Waals surface area contributed by atoms with E-state index < -0.39 is 72.0 Å². The van der Waals surface area contributed by atoms with Gasteiger partial charge in [-0.3, -0.25) is 19.2 Å². The summed E-state index contributed by atoms with van der Waals surface area (Å²) in [7, 11) is 4.50. The van der Waals surface area contributed by atoms with Gasteiger partial charge in [-0.05, 0) is 107 Å². The molecule has 12 atom stereocenters. The minimum Gasteiger partial charge on any atom is -0.460 e. The molecule has 0 aromatic heterocycles. The third-order valence-corrected chi connectivity index (χ3v) is 13.5. The third kappa shape index (κ3) is 13.8. The van der Waals surface area contributed by atoms with Crippen LogP contribution in [0.25, 0.3) is 0 Å². The summed E-state index contributed by atoms with van der Waals surface area (Å²) in [5.41, 5.74) is 1.28. The molecule has 1 aliphatic carbocycles. The summed E-state index contributed by atoms with van der Waals surface area (Å²) in [5.74, 6) is -6.74. The lowest BCUT2D eigenvalue weighted by atomic mass is 9.78. The van der Waals surface area contributed by atoms with Crippen LogP contribution in [0.3, 0.4) is 0 Å². The summed E-state index contributed by atoms with van der Waals surface area (Å²) in [6, 6.07) is -1.13. The predicted octanol–water partition coefficient (Wildman–Crippen LogP) is 5.44. The molecule has 3 fully saturated rings. The summed E-state index contributed by atoms with van der Waals surface area (Å²) in [4.78, 5) is 70.5. The maximum atomic E-state index is 14.2. The highest BCUT2D eigenvalue weighted by Crippen LogP contribution is 2.37. The third-order valence-electron chi connectivity index (χ3n) is 13.5. The average molecular weight is 872 g/mol. The molecule has 0 aromatic carbocycles. The zero-order valence-corrected chi connectivity index (χ0v) is 38.0. The summed E-state index contributed by atoms with van der Waals surface area (Å²) in [5, 5.41) is 33.4. The second kappa shape index (κ2) is 24.6. The molecule has 2 saturated heterocycles. The van der Waals surface area contributed by atoms with E-state index in [4.69, 9.17) is 23.7 Å². The van der Waals surface area contributed by atoms with E-state index in [1.807, 2.05) is 44.2 Å². The lowest BCUT2D eigenvalue weighted by molar-refractivity contribution is -0.265. The van der Waals surface area contributed by atoms with Crippen LogP contribution in [0.1, 0.15) is 124 Å². The van der Waals surface area contributed by atoms with Crippen LogP contribution in [0, 0.1) is 17.8 Å². The maximum absolute atomic E-state index is 14.2. The molecule has 0 spiro atoms. The van der Waals surface area contributed by atoms with Gasteiger partial charge in [0.15, 0.2) is 5.78 Å². The number of nitrogens with zero attached hydrogens (tertiary/aromatic N) is 1. The lowest BCUT2D eigenvalue weighted by Crippen LogP contribution is -2.61. The summed E-state index contributed by atoms with van der Waals surface area (Å²) in [6.45, 7) is 7.21. The smallest absolute Gasteiger partial charge is 0.329 e. The van der Waals surface area contributed by atoms with E-state index in [-0.39, 0.29) is 61.7 Å². The molecule has 0 radical (unpaired) electrons. The zero-order chi connectivity index (χ0) is 45.6. The molecule has 0 unspecified atom stereocenters. The van der Waals surface area contributed by atoms with E-state index in [0.29, 0.717) is 69.8 Å². The van der Waals surface area contributed by atoms with E-state index in [9.17, 15) is 39.3 Å². The highest BCUT2D eigenvalue weighted by Gasteiger charge is 2.53. The van der Waals surface area contributed by atoms with E-state index in [2.05, 4.69) is 0 Å². The number of piperidine rings is 1. The number of carbonyl (C=O) groups is 5. The molecule has 3 heterocycles. The van der Waals surface area contributed by atoms with Gasteiger partial charge in [0.05, 0.1) is 24.4 Å². The maximum Gasteiger partial charge on any atom is 0.329 e. The van der Waals surface area contributed by atoms with Crippen molar-refractivity contribution in [3.63, 3.8) is 0 Å². The summed E-state index contributed by atoms with van der Waals surface area (Å²) < 4.78 is 29.1. The Morgan fingerprint density at radius 1 is 0.887 bits per heavy atom. The van der Waals surface area contributed by atoms with E-state index >= 15 is 0 Å². The molecule has 4 aliphatic rings. The van der Waals surface area contributed by atoms with Gasteiger partial charge in [0, 0.05) is 59.5 Å². The molecule has 348 valence electrons. The number of rotatable bonds is 6. The van der Waals surface area contributed by atoms with Gasteiger partial charge in [-0.1, -0.05) is 50.3 Å². The van der Waals surface area contributed by atoms with Gasteiger partial charge in [0.1, 0.15) is 30.1 Å². The molecular formula is C48H73NO13. The number of hydrogen-bond donors (Lipinski definition) is 3. The minimum atomic E-state index is -2.42. The van der Waals surface area contributed by atoms with Crippen molar-refractivity contribution in [2.75, 3.05) is 27.9 Å². The summed E-state index contributed by atoms with van der Waals surface area (Å²) in [6.07, 6.45) is 12.0. The van der Waals surface area contributed by atoms with Gasteiger partial charge in [0.25, 0.3) is 11.7 Å². The fourth-order valence-corrected chi connectivity index (χ4v) is 9.31. The molecule has 4 rings (SSSR count). The number of Topliss-reactive ketones (excluding diaryl/α,β-unsaturated/α-hetero) is 3. The molecule has 1 amide bonds. The van der Waals surface area contributed by atoms with Crippen molar-refractivity contribution in [3.05, 3.63) is 47.6 Å². The van der Waals surface area contributed by atoms with Crippen molar-refractivity contribution in [1.29, 1.82) is 0 Å². The molecule has 1 saturated carbocycles. The van der Waals surface area contributed by atoms with E-state index in [0.717, 1.165) is 12.0 Å². The topological polar surface area (TPSA) is 195 Å². The van der Waals surface area contributed by atoms with E-state index in [1.165, 1.54) is 12.0 Å². The van der Waals surface area contributed by atoms with Crippen molar-refractivity contribution in [1.82, 2.24) is 4.90 Å². The number of aliphatic hydroxyl groups is 3. The molecule has 2 bridgehead atoms. The first kappa shape index (κ1) is 51.3. The Kier molecular flexibility index (Phi) is 20.4. The first-order chi connectivity index (χ1) is 29.5. The number of ketones is 3. The fourth-order valence-electron chi connectivity index (χ4n) is 9.31. The molecule has 62 heavy (non-hydrogen) atoms. The number of carbonyl (C=O) groups excluding carboxylic acids is 5. The summed E-state index contributed by atoms with van der Waals surface area (Å²) >= 11 is 0. The van der Waals surface area contributed by atoms with E-state index in [1.54, 1.807) is 34.1 Å². The van der Waals surface area contributed by atoms with Gasteiger partial charge >= 0.3 is 5.97 Å². The van der Waals surface area contributed by atoms with Crippen LogP contribution in [0.4, 0.5) is 0 Å². The first-order valence-corrected chi connectivity index (χ1v) is 22.7. The molecule has 3 aliphatic heterocycles. The van der Waals surface area contributed by atoms with Gasteiger partial charge in [-0.2, -0.15) is 0 Å². The Morgan fingerprint density at radius 2 is 1.65 bits per heavy atom. The Labute approximate surface area is 368 Å². The van der Waals surface area contributed by atoms with Crippen LogP contribution in [0.15, 0.2) is 47.6 Å². The lowest BCUT2D eigenvalue weighted by Gasteiger charge is -2.42. The van der Waals surface area contributed by atoms with Gasteiger partial charge < -0.3 is 43.9 Å². The van der Waals surface area contributed by atoms with Crippen molar-refractivity contribution in [2.24, 2.45) is 17.8 Å². The first-order valence-electron chi connectivity index (χ1n) is 22.7. The number of fused-ring (bicyclic) bond motifs is 3. The number of ether oxygens (including phenoxy) is 5. The Balaban J connectivity index is 1.64. The number of esters is 1. The predicted molar refractivity (Wildman–Crippen MR) is 231 cm³/mol. The van der Waals surface area contributed by atoms with Crippen LogP contribution in [-0.2, 0) is 47.7 Å². The number of cyclic esters (lactones) is 1. The van der Waals surface area contributed by atoms with Crippen LogP contribution in [-0.4, -0.2) is 132 Å². The minimum absolute atomic E-state index is 0.0933. The van der Waals surface area contributed by atoms with Crippen LogP contribution < -0.4 is 0 Å². The molecule has 14 heteroatoms. The molecular weight excluding hydrogens is 799 g/mol. The quantitative estimate of drug-likeness (QED) is 0.174. The number of hydrogen-bond acceptors (Lipinski definition) is 13. The standard InChI is InChI=1S/C48H73NO13/c1-30-16-12-10-8-9-11-13-18-39(52)44(60-7)43(53)31(2)19-22-35(50)28-41(32(3)26-34-21-24-38(51)42(27-34)59-6)61-47(56)37-17-14-15-25-49(37)46(55)45(54)48(57)33(4)20-23-36(62-48)29-40(30)58-5/h8-10,12,16,19,32-34,36-38,40-44,51,53,57H,11,13-15,17-18,20-29H2,1-7H3/b9-8+,12-10+,30-16+,31-19+/t32-,33-,34+,36+,37+,38-,40+,41+,42-,43-,44+,48-/m1/s1. The SMILES string of the molecule is CO[C@H]1C[C@@H]2CC[C@@H](C)[C@@](O)(O2)C(=O)C(=O)N2CCCC[C@H]2C(=O)O[C@H]([C@H](C)C[C@@H]2CC[C@@H](O)[C@H](OC)C2)CC(=O)C/C=C(\C)[C@@H](O)[C@@H](OC)C(=O)CCC/C=C/C=C/C=C/1C. The number of methoxy groups -OCH3 is 3. The Hall–Kier alpha value is -3.37. The van der Waals surface area contributed by atoms with Crippen LogP contribution in [0.2, 0.25) is 0 Å². The molecule has 0 aromatic rings. The zero-order valence-electron chi connectivity index (χ0n) is 38.0.